The van der Waals surface area contributed by atoms with Gasteiger partial charge in [0.2, 0.25) is 0 Å². The van der Waals surface area contributed by atoms with Crippen LogP contribution in [0.3, 0.4) is 0 Å². The van der Waals surface area contributed by atoms with E-state index in [1.54, 1.807) is 12.1 Å². The highest BCUT2D eigenvalue weighted by atomic mass is 32.2. The minimum Gasteiger partial charge on any atom is -0.245 e. The van der Waals surface area contributed by atoms with Crippen LogP contribution in [0.5, 0.6) is 0 Å². The van der Waals surface area contributed by atoms with Gasteiger partial charge in [0.15, 0.2) is 14.9 Å². The molecule has 0 amide bonds. The number of unbranched alkanes of at least 4 members (excludes halogenated alkanes) is 1. The van der Waals surface area contributed by atoms with Crippen molar-refractivity contribution in [3.63, 3.8) is 0 Å². The number of rotatable bonds is 4. The third kappa shape index (κ3) is 2.81. The molecule has 1 rings (SSSR count). The molecule has 0 bridgehead atoms. The lowest BCUT2D eigenvalue weighted by atomic mass is 10.4. The molecule has 0 radical (unpaired) electrons. The van der Waals surface area contributed by atoms with Crippen LogP contribution in [0, 0.1) is 0 Å². The predicted octanol–water partition coefficient (Wildman–Crippen LogP) is 1.66. The molecule has 1 aromatic rings. The molecule has 0 saturated carbocycles. The van der Waals surface area contributed by atoms with E-state index in [9.17, 15) is 8.42 Å². The summed E-state index contributed by atoms with van der Waals surface area (Å²) in [6.07, 6.45) is 3.07. The minimum atomic E-state index is -3.13. The Hall–Kier alpha value is -0.900. The summed E-state index contributed by atoms with van der Waals surface area (Å²) in [6.45, 7) is 1.97. The highest BCUT2D eigenvalue weighted by Gasteiger charge is 2.13. The smallest absolute Gasteiger partial charge is 0.195 e. The Morgan fingerprint density at radius 3 is 2.69 bits per heavy atom. The highest BCUT2D eigenvalue weighted by molar-refractivity contribution is 7.91. The average Bonchev–Trinajstić information content (AvgIpc) is 2.16. The Morgan fingerprint density at radius 1 is 1.38 bits per heavy atom. The second-order valence-corrected chi connectivity index (χ2v) is 4.90. The summed E-state index contributed by atoms with van der Waals surface area (Å²) < 4.78 is 23.1. The Labute approximate surface area is 78.7 Å². The number of hydrogen-bond donors (Lipinski definition) is 0. The number of nitrogens with zero attached hydrogens (tertiary/aromatic N) is 1. The fourth-order valence-electron chi connectivity index (χ4n) is 0.970. The molecule has 1 heterocycles. The van der Waals surface area contributed by atoms with E-state index in [1.165, 1.54) is 12.3 Å². The maximum atomic E-state index is 11.5. The maximum absolute atomic E-state index is 11.5. The quantitative estimate of drug-likeness (QED) is 0.740. The topological polar surface area (TPSA) is 47.0 Å². The Morgan fingerprint density at radius 2 is 2.15 bits per heavy atom. The first-order valence-corrected chi connectivity index (χ1v) is 5.96. The van der Waals surface area contributed by atoms with Gasteiger partial charge in [-0.3, -0.25) is 0 Å². The Bertz CT molecular complexity index is 345. The van der Waals surface area contributed by atoms with E-state index in [0.29, 0.717) is 6.42 Å². The summed E-state index contributed by atoms with van der Waals surface area (Å²) >= 11 is 0. The molecule has 0 aliphatic heterocycles. The minimum absolute atomic E-state index is 0.184. The van der Waals surface area contributed by atoms with Crippen molar-refractivity contribution in [2.45, 2.75) is 24.8 Å². The lowest BCUT2D eigenvalue weighted by Gasteiger charge is -2.00. The van der Waals surface area contributed by atoms with Gasteiger partial charge < -0.3 is 0 Å². The fraction of sp³-hybridized carbons (Fsp3) is 0.444. The largest absolute Gasteiger partial charge is 0.245 e. The normalized spacial score (nSPS) is 11.5. The van der Waals surface area contributed by atoms with Crippen molar-refractivity contribution in [1.29, 1.82) is 0 Å². The van der Waals surface area contributed by atoms with Crippen LogP contribution in [0.2, 0.25) is 0 Å². The van der Waals surface area contributed by atoms with Crippen molar-refractivity contribution in [3.8, 4) is 0 Å². The van der Waals surface area contributed by atoms with Gasteiger partial charge in [-0.25, -0.2) is 13.4 Å². The summed E-state index contributed by atoms with van der Waals surface area (Å²) in [6, 6.07) is 4.93. The molecule has 13 heavy (non-hydrogen) atoms. The zero-order chi connectivity index (χ0) is 9.73. The Balaban J connectivity index is 2.83. The molecule has 1 aromatic heterocycles. The first kappa shape index (κ1) is 10.2. The van der Waals surface area contributed by atoms with E-state index >= 15 is 0 Å². The Kier molecular flexibility index (Phi) is 3.42. The van der Waals surface area contributed by atoms with E-state index in [0.717, 1.165) is 6.42 Å². The molecule has 72 valence electrons. The van der Waals surface area contributed by atoms with Crippen LogP contribution < -0.4 is 0 Å². The fourth-order valence-corrected chi connectivity index (χ4v) is 2.36. The lowest BCUT2D eigenvalue weighted by Crippen LogP contribution is -2.07. The van der Waals surface area contributed by atoms with Crippen molar-refractivity contribution < 1.29 is 8.42 Å². The van der Waals surface area contributed by atoms with Gasteiger partial charge >= 0.3 is 0 Å². The zero-order valence-corrected chi connectivity index (χ0v) is 8.42. The monoisotopic (exact) mass is 199 g/mol. The van der Waals surface area contributed by atoms with Gasteiger partial charge in [-0.05, 0) is 18.6 Å². The summed E-state index contributed by atoms with van der Waals surface area (Å²) in [5.74, 6) is 0.195. The molecule has 0 spiro atoms. The van der Waals surface area contributed by atoms with Crippen LogP contribution >= 0.6 is 0 Å². The van der Waals surface area contributed by atoms with Crippen LogP contribution in [0.4, 0.5) is 0 Å². The van der Waals surface area contributed by atoms with Crippen LogP contribution in [0.1, 0.15) is 19.8 Å². The van der Waals surface area contributed by atoms with Gasteiger partial charge in [0, 0.05) is 6.20 Å². The lowest BCUT2D eigenvalue weighted by molar-refractivity contribution is 0.589. The SMILES string of the molecule is CCCCS(=O)(=O)c1ccccn1. The van der Waals surface area contributed by atoms with Gasteiger partial charge in [-0.15, -0.1) is 0 Å². The van der Waals surface area contributed by atoms with E-state index in [4.69, 9.17) is 0 Å². The summed E-state index contributed by atoms with van der Waals surface area (Å²) in [5.41, 5.74) is 0. The van der Waals surface area contributed by atoms with E-state index in [-0.39, 0.29) is 10.8 Å². The van der Waals surface area contributed by atoms with Crippen molar-refractivity contribution in [2.75, 3.05) is 5.75 Å². The van der Waals surface area contributed by atoms with E-state index in [2.05, 4.69) is 4.98 Å². The molecule has 0 aliphatic rings. The maximum Gasteiger partial charge on any atom is 0.195 e. The van der Waals surface area contributed by atoms with E-state index in [1.807, 2.05) is 6.92 Å². The van der Waals surface area contributed by atoms with E-state index < -0.39 is 9.84 Å². The number of pyridine rings is 1. The van der Waals surface area contributed by atoms with Gasteiger partial charge in [0.05, 0.1) is 5.75 Å². The molecule has 4 heteroatoms. The molecule has 0 N–H and O–H groups in total. The third-order valence-electron chi connectivity index (χ3n) is 1.72. The van der Waals surface area contributed by atoms with Crippen LogP contribution in [0.15, 0.2) is 29.4 Å². The summed E-state index contributed by atoms with van der Waals surface area (Å²) in [4.78, 5) is 3.82. The van der Waals surface area contributed by atoms with Gasteiger partial charge in [0.1, 0.15) is 0 Å². The molecule has 0 fully saturated rings. The van der Waals surface area contributed by atoms with Crippen molar-refractivity contribution in [1.82, 2.24) is 4.98 Å². The summed E-state index contributed by atoms with van der Waals surface area (Å²) in [7, 11) is -3.13. The molecule has 0 atom stereocenters. The molecule has 3 nitrogen and oxygen atoms in total. The van der Waals surface area contributed by atoms with Crippen LogP contribution in [0.25, 0.3) is 0 Å². The predicted molar refractivity (Wildman–Crippen MR) is 51.2 cm³/mol. The van der Waals surface area contributed by atoms with Gasteiger partial charge in [-0.1, -0.05) is 19.4 Å². The van der Waals surface area contributed by atoms with Crippen molar-refractivity contribution >= 4 is 9.84 Å². The molecule has 0 unspecified atom stereocenters. The highest BCUT2D eigenvalue weighted by Crippen LogP contribution is 2.08. The molecule has 0 aromatic carbocycles. The molecule has 0 saturated heterocycles. The second-order valence-electron chi connectivity index (χ2n) is 2.84. The van der Waals surface area contributed by atoms with Gasteiger partial charge in [0.25, 0.3) is 0 Å². The van der Waals surface area contributed by atoms with Crippen molar-refractivity contribution in [2.24, 2.45) is 0 Å². The van der Waals surface area contributed by atoms with Crippen molar-refractivity contribution in [3.05, 3.63) is 24.4 Å². The number of sulfone groups is 1. The van der Waals surface area contributed by atoms with Crippen LogP contribution in [-0.2, 0) is 9.84 Å². The first-order chi connectivity index (χ1) is 6.17. The molecular formula is C9H13NO2S. The third-order valence-corrected chi connectivity index (χ3v) is 3.43. The van der Waals surface area contributed by atoms with Gasteiger partial charge in [-0.2, -0.15) is 0 Å². The first-order valence-electron chi connectivity index (χ1n) is 4.30. The number of hydrogen-bond acceptors (Lipinski definition) is 3. The van der Waals surface area contributed by atoms with Crippen LogP contribution in [-0.4, -0.2) is 19.2 Å². The average molecular weight is 199 g/mol. The summed E-state index contributed by atoms with van der Waals surface area (Å²) in [5, 5.41) is 0.184. The molecule has 0 aliphatic carbocycles. The second kappa shape index (κ2) is 4.37. The standard InChI is InChI=1S/C9H13NO2S/c1-2-3-8-13(11,12)9-6-4-5-7-10-9/h4-7H,2-3,8H2,1H3. The number of aromatic nitrogens is 1. The molecular weight excluding hydrogens is 186 g/mol. The zero-order valence-electron chi connectivity index (χ0n) is 7.60.